The zero-order valence-corrected chi connectivity index (χ0v) is 15.2. The number of fused-ring (bicyclic) bond motifs is 3. The lowest BCUT2D eigenvalue weighted by Gasteiger charge is -2.38. The van der Waals surface area contributed by atoms with Crippen molar-refractivity contribution in [1.82, 2.24) is 14.9 Å². The average Bonchev–Trinajstić information content (AvgIpc) is 3.06. The molecular formula is C20H26N4O2. The molecular weight excluding hydrogens is 328 g/mol. The fourth-order valence-electron chi connectivity index (χ4n) is 4.12. The Bertz CT molecular complexity index is 752. The summed E-state index contributed by atoms with van der Waals surface area (Å²) in [5, 5.41) is 13.3. The topological polar surface area (TPSA) is 70.5 Å². The molecule has 0 unspecified atom stereocenters. The van der Waals surface area contributed by atoms with E-state index in [1.807, 2.05) is 30.6 Å². The van der Waals surface area contributed by atoms with Crippen LogP contribution in [-0.2, 0) is 6.54 Å². The lowest BCUT2D eigenvalue weighted by Crippen LogP contribution is -2.42. The smallest absolute Gasteiger partial charge is 0.222 e. The van der Waals surface area contributed by atoms with Crippen molar-refractivity contribution in [2.24, 2.45) is 5.41 Å². The van der Waals surface area contributed by atoms with Gasteiger partial charge in [0.1, 0.15) is 5.75 Å². The Morgan fingerprint density at radius 3 is 2.88 bits per heavy atom. The van der Waals surface area contributed by atoms with Crippen LogP contribution in [0.2, 0.25) is 0 Å². The van der Waals surface area contributed by atoms with Gasteiger partial charge in [-0.1, -0.05) is 25.1 Å². The molecule has 0 spiro atoms. The number of ether oxygens (including phenoxy) is 1. The Hall–Kier alpha value is -2.18. The Kier molecular flexibility index (Phi) is 4.78. The molecule has 0 amide bonds. The molecule has 0 radical (unpaired) electrons. The number of para-hydroxylation sites is 1. The zero-order chi connectivity index (χ0) is 18.0. The van der Waals surface area contributed by atoms with Crippen LogP contribution in [0.15, 0.2) is 36.7 Å². The van der Waals surface area contributed by atoms with Gasteiger partial charge in [0.05, 0.1) is 13.2 Å². The van der Waals surface area contributed by atoms with Crippen molar-refractivity contribution in [3.63, 3.8) is 0 Å². The van der Waals surface area contributed by atoms with Crippen LogP contribution >= 0.6 is 0 Å². The van der Waals surface area contributed by atoms with Gasteiger partial charge in [0.25, 0.3) is 0 Å². The van der Waals surface area contributed by atoms with Crippen LogP contribution in [0, 0.1) is 5.41 Å². The SMILES string of the molecule is CCCNc1ncc(CN2C[C@@H]3c4ccccc4OC[C@]3(CO)C2)cn1. The summed E-state index contributed by atoms with van der Waals surface area (Å²) in [6.07, 6.45) is 4.83. The first-order valence-electron chi connectivity index (χ1n) is 9.34. The molecule has 2 aliphatic heterocycles. The molecule has 6 heteroatoms. The van der Waals surface area contributed by atoms with Crippen molar-refractivity contribution in [3.8, 4) is 5.75 Å². The molecule has 1 aromatic carbocycles. The summed E-state index contributed by atoms with van der Waals surface area (Å²) in [6.45, 7) is 6.22. The molecule has 6 nitrogen and oxygen atoms in total. The summed E-state index contributed by atoms with van der Waals surface area (Å²) in [4.78, 5) is 11.2. The molecule has 1 saturated heterocycles. The maximum Gasteiger partial charge on any atom is 0.222 e. The fraction of sp³-hybridized carbons (Fsp3) is 0.500. The summed E-state index contributed by atoms with van der Waals surface area (Å²) in [5.74, 6) is 1.93. The van der Waals surface area contributed by atoms with Crippen molar-refractivity contribution >= 4 is 5.95 Å². The van der Waals surface area contributed by atoms with E-state index in [2.05, 4.69) is 33.2 Å². The van der Waals surface area contributed by atoms with Crippen molar-refractivity contribution in [2.45, 2.75) is 25.8 Å². The van der Waals surface area contributed by atoms with Crippen LogP contribution in [0.4, 0.5) is 5.95 Å². The minimum atomic E-state index is -0.224. The van der Waals surface area contributed by atoms with Gasteiger partial charge in [-0.3, -0.25) is 4.90 Å². The number of aliphatic hydroxyl groups is 1. The van der Waals surface area contributed by atoms with Crippen molar-refractivity contribution in [1.29, 1.82) is 0 Å². The van der Waals surface area contributed by atoms with Gasteiger partial charge in [-0.25, -0.2) is 9.97 Å². The van der Waals surface area contributed by atoms with Gasteiger partial charge in [0.15, 0.2) is 0 Å². The monoisotopic (exact) mass is 354 g/mol. The van der Waals surface area contributed by atoms with Crippen LogP contribution in [0.1, 0.15) is 30.4 Å². The highest BCUT2D eigenvalue weighted by Gasteiger charge is 2.50. The minimum Gasteiger partial charge on any atom is -0.493 e. The van der Waals surface area contributed by atoms with Gasteiger partial charge >= 0.3 is 0 Å². The molecule has 2 aromatic rings. The highest BCUT2D eigenvalue weighted by atomic mass is 16.5. The Morgan fingerprint density at radius 2 is 2.12 bits per heavy atom. The van der Waals surface area contributed by atoms with Crippen LogP contribution in [0.3, 0.4) is 0 Å². The van der Waals surface area contributed by atoms with Gasteiger partial charge in [0.2, 0.25) is 5.95 Å². The van der Waals surface area contributed by atoms with E-state index in [1.165, 1.54) is 5.56 Å². The molecule has 1 fully saturated rings. The Labute approximate surface area is 154 Å². The zero-order valence-electron chi connectivity index (χ0n) is 15.2. The molecule has 26 heavy (non-hydrogen) atoms. The van der Waals surface area contributed by atoms with E-state index in [4.69, 9.17) is 4.74 Å². The predicted octanol–water partition coefficient (Wildman–Crippen LogP) is 2.27. The lowest BCUT2D eigenvalue weighted by molar-refractivity contribution is 0.0457. The number of likely N-dealkylation sites (tertiary alicyclic amines) is 1. The summed E-state index contributed by atoms with van der Waals surface area (Å²) in [6, 6.07) is 8.21. The third-order valence-electron chi connectivity index (χ3n) is 5.49. The number of aliphatic hydroxyl groups excluding tert-OH is 1. The number of benzene rings is 1. The standard InChI is InChI=1S/C20H26N4O2/c1-2-7-21-19-22-8-15(9-23-19)10-24-11-17-16-5-3-4-6-18(16)26-14-20(17,12-24)13-25/h3-6,8-9,17,25H,2,7,10-14H2,1H3,(H,21,22,23)/t17-,20-/m1/s1. The maximum absolute atomic E-state index is 10.1. The summed E-state index contributed by atoms with van der Waals surface area (Å²) >= 11 is 0. The van der Waals surface area contributed by atoms with E-state index in [1.54, 1.807) is 0 Å². The molecule has 4 rings (SSSR count). The number of hydrogen-bond donors (Lipinski definition) is 2. The summed E-state index contributed by atoms with van der Waals surface area (Å²) < 4.78 is 5.96. The van der Waals surface area contributed by atoms with Crippen LogP contribution < -0.4 is 10.1 Å². The number of hydrogen-bond acceptors (Lipinski definition) is 6. The molecule has 3 heterocycles. The summed E-state index contributed by atoms with van der Waals surface area (Å²) in [7, 11) is 0. The first-order chi connectivity index (χ1) is 12.7. The van der Waals surface area contributed by atoms with Crippen LogP contribution in [0.25, 0.3) is 0 Å². The van der Waals surface area contributed by atoms with E-state index >= 15 is 0 Å². The van der Waals surface area contributed by atoms with Gasteiger partial charge in [0, 0.05) is 55.5 Å². The average molecular weight is 354 g/mol. The second-order valence-electron chi connectivity index (χ2n) is 7.41. The number of nitrogens with one attached hydrogen (secondary N) is 1. The van der Waals surface area contributed by atoms with Gasteiger partial charge in [-0.2, -0.15) is 0 Å². The lowest BCUT2D eigenvalue weighted by atomic mass is 9.74. The predicted molar refractivity (Wildman–Crippen MR) is 100 cm³/mol. The molecule has 1 aromatic heterocycles. The van der Waals surface area contributed by atoms with Gasteiger partial charge in [-0.05, 0) is 18.1 Å². The highest BCUT2D eigenvalue weighted by Crippen LogP contribution is 2.49. The molecule has 2 atom stereocenters. The van der Waals surface area contributed by atoms with Gasteiger partial charge < -0.3 is 15.2 Å². The fourth-order valence-corrected chi connectivity index (χ4v) is 4.12. The third-order valence-corrected chi connectivity index (χ3v) is 5.49. The minimum absolute atomic E-state index is 0.138. The summed E-state index contributed by atoms with van der Waals surface area (Å²) in [5.41, 5.74) is 2.08. The third kappa shape index (κ3) is 3.15. The highest BCUT2D eigenvalue weighted by molar-refractivity contribution is 5.41. The van der Waals surface area contributed by atoms with E-state index in [-0.39, 0.29) is 12.0 Å². The van der Waals surface area contributed by atoms with Crippen molar-refractivity contribution in [3.05, 3.63) is 47.8 Å². The molecule has 2 aliphatic rings. The molecule has 2 N–H and O–H groups in total. The number of anilines is 1. The van der Waals surface area contributed by atoms with Gasteiger partial charge in [-0.15, -0.1) is 0 Å². The van der Waals surface area contributed by atoms with Crippen LogP contribution in [0.5, 0.6) is 5.75 Å². The van der Waals surface area contributed by atoms with Crippen molar-refractivity contribution < 1.29 is 9.84 Å². The first kappa shape index (κ1) is 17.2. The molecule has 0 saturated carbocycles. The van der Waals surface area contributed by atoms with E-state index in [9.17, 15) is 5.11 Å². The number of nitrogens with zero attached hydrogens (tertiary/aromatic N) is 3. The normalized spacial score (nSPS) is 24.6. The molecule has 138 valence electrons. The second kappa shape index (κ2) is 7.21. The molecule has 0 aliphatic carbocycles. The number of aromatic nitrogens is 2. The van der Waals surface area contributed by atoms with Crippen molar-refractivity contribution in [2.75, 3.05) is 38.2 Å². The van der Waals surface area contributed by atoms with Crippen LogP contribution in [-0.4, -0.2) is 52.8 Å². The second-order valence-corrected chi connectivity index (χ2v) is 7.41. The maximum atomic E-state index is 10.1. The Morgan fingerprint density at radius 1 is 1.31 bits per heavy atom. The van der Waals surface area contributed by atoms with E-state index in [0.29, 0.717) is 18.5 Å². The Balaban J connectivity index is 1.48. The van der Waals surface area contributed by atoms with E-state index in [0.717, 1.165) is 43.9 Å². The molecule has 0 bridgehead atoms. The quantitative estimate of drug-likeness (QED) is 0.829. The largest absolute Gasteiger partial charge is 0.493 e. The number of rotatable bonds is 6. The first-order valence-corrected chi connectivity index (χ1v) is 9.34. The van der Waals surface area contributed by atoms with E-state index < -0.39 is 0 Å².